The van der Waals surface area contributed by atoms with Gasteiger partial charge in [0.25, 0.3) is 0 Å². The normalized spacial score (nSPS) is 23.1. The molecule has 2 aromatic heterocycles. The number of halogens is 1. The molecule has 1 aliphatic carbocycles. The van der Waals surface area contributed by atoms with Crippen LogP contribution in [0.3, 0.4) is 0 Å². The maximum atomic E-state index is 14.5. The summed E-state index contributed by atoms with van der Waals surface area (Å²) < 4.78 is 33.5. The molecule has 0 unspecified atom stereocenters. The Bertz CT molecular complexity index is 1390. The van der Waals surface area contributed by atoms with Gasteiger partial charge < -0.3 is 19.9 Å². The van der Waals surface area contributed by atoms with E-state index in [2.05, 4.69) is 16.3 Å². The van der Waals surface area contributed by atoms with E-state index in [0.29, 0.717) is 18.2 Å². The molecule has 0 spiro atoms. The van der Waals surface area contributed by atoms with Gasteiger partial charge in [-0.1, -0.05) is 13.0 Å². The van der Waals surface area contributed by atoms with Gasteiger partial charge in [0, 0.05) is 18.0 Å². The lowest BCUT2D eigenvalue weighted by Gasteiger charge is -2.43. The molecular formula is C26H25FN4O3. The summed E-state index contributed by atoms with van der Waals surface area (Å²) in [4.78, 5) is 9.38. The molecule has 2 saturated heterocycles. The fourth-order valence-corrected chi connectivity index (χ4v) is 5.43. The molecule has 3 aliphatic rings. The standard InChI is InChI=1S/C26H25FN4O3/c1-3-26-13-25(14-26,15-33-26)24-30-21(22-23(28)29-11-12-31(22)24)16-7-9-17(10-8-16)34-19-6-4-5-18(32-2)20(19)27/h4-12H,3,13-15H2,1-2H3,(H2,28,29). The average molecular weight is 461 g/mol. The van der Waals surface area contributed by atoms with Crippen LogP contribution in [0.25, 0.3) is 16.8 Å². The molecule has 2 aromatic carbocycles. The number of aromatic nitrogens is 3. The van der Waals surface area contributed by atoms with Gasteiger partial charge in [-0.05, 0) is 55.7 Å². The zero-order valence-corrected chi connectivity index (χ0v) is 19.0. The Labute approximate surface area is 196 Å². The second-order valence-electron chi connectivity index (χ2n) is 9.17. The van der Waals surface area contributed by atoms with E-state index in [9.17, 15) is 4.39 Å². The molecule has 4 aromatic rings. The molecule has 7 nitrogen and oxygen atoms in total. The second-order valence-corrected chi connectivity index (χ2v) is 9.17. The van der Waals surface area contributed by atoms with E-state index in [1.807, 2.05) is 18.3 Å². The molecule has 4 heterocycles. The Morgan fingerprint density at radius 1 is 1.15 bits per heavy atom. The fraction of sp³-hybridized carbons (Fsp3) is 0.308. The van der Waals surface area contributed by atoms with Gasteiger partial charge in [0.1, 0.15) is 28.6 Å². The Morgan fingerprint density at radius 3 is 2.62 bits per heavy atom. The SMILES string of the molecule is CCC12CC(c3nc(-c4ccc(Oc5cccc(OC)c5F)cc4)c4c(N)nccn34)(CO1)C2. The maximum Gasteiger partial charge on any atom is 0.207 e. The fourth-order valence-electron chi connectivity index (χ4n) is 5.43. The van der Waals surface area contributed by atoms with Crippen molar-refractivity contribution >= 4 is 11.3 Å². The molecule has 2 bridgehead atoms. The first-order valence-corrected chi connectivity index (χ1v) is 11.4. The lowest BCUT2D eigenvalue weighted by molar-refractivity contribution is -0.00689. The third-order valence-corrected chi connectivity index (χ3v) is 7.18. The predicted octanol–water partition coefficient (Wildman–Crippen LogP) is 5.13. The van der Waals surface area contributed by atoms with Crippen molar-refractivity contribution < 1.29 is 18.6 Å². The molecular weight excluding hydrogens is 435 g/mol. The second kappa shape index (κ2) is 7.43. The summed E-state index contributed by atoms with van der Waals surface area (Å²) in [6.07, 6.45) is 6.56. The molecule has 3 fully saturated rings. The molecule has 174 valence electrons. The molecule has 0 amide bonds. The van der Waals surface area contributed by atoms with Crippen molar-refractivity contribution in [3.05, 3.63) is 66.5 Å². The number of benzene rings is 2. The van der Waals surface area contributed by atoms with Gasteiger partial charge in [0.05, 0.1) is 24.7 Å². The number of methoxy groups -OCH3 is 1. The van der Waals surface area contributed by atoms with Crippen LogP contribution in [0.4, 0.5) is 10.2 Å². The summed E-state index contributed by atoms with van der Waals surface area (Å²) >= 11 is 0. The zero-order valence-electron chi connectivity index (χ0n) is 19.0. The van der Waals surface area contributed by atoms with E-state index in [4.69, 9.17) is 24.9 Å². The molecule has 8 heteroatoms. The highest BCUT2D eigenvalue weighted by molar-refractivity contribution is 5.85. The highest BCUT2D eigenvalue weighted by Gasteiger charge is 2.64. The summed E-state index contributed by atoms with van der Waals surface area (Å²) in [6, 6.07) is 12.2. The number of rotatable bonds is 6. The molecule has 0 radical (unpaired) electrons. The van der Waals surface area contributed by atoms with E-state index in [1.165, 1.54) is 7.11 Å². The van der Waals surface area contributed by atoms with Crippen molar-refractivity contribution in [1.82, 2.24) is 14.4 Å². The first-order valence-electron chi connectivity index (χ1n) is 11.4. The van der Waals surface area contributed by atoms with E-state index in [1.54, 1.807) is 36.5 Å². The summed E-state index contributed by atoms with van der Waals surface area (Å²) in [7, 11) is 1.42. The number of hydrogen-bond donors (Lipinski definition) is 1. The van der Waals surface area contributed by atoms with Crippen LogP contribution in [0.1, 0.15) is 32.0 Å². The molecule has 34 heavy (non-hydrogen) atoms. The van der Waals surface area contributed by atoms with Gasteiger partial charge in [-0.3, -0.25) is 4.40 Å². The first kappa shape index (κ1) is 20.9. The van der Waals surface area contributed by atoms with Crippen molar-refractivity contribution in [2.75, 3.05) is 19.5 Å². The number of imidazole rings is 1. The van der Waals surface area contributed by atoms with Crippen LogP contribution in [-0.4, -0.2) is 33.7 Å². The van der Waals surface area contributed by atoms with Gasteiger partial charge in [0.15, 0.2) is 11.5 Å². The van der Waals surface area contributed by atoms with E-state index in [0.717, 1.165) is 41.9 Å². The zero-order chi connectivity index (χ0) is 23.5. The highest BCUT2D eigenvalue weighted by atomic mass is 19.1. The van der Waals surface area contributed by atoms with Gasteiger partial charge >= 0.3 is 0 Å². The third kappa shape index (κ3) is 2.98. The number of ether oxygens (including phenoxy) is 3. The monoisotopic (exact) mass is 460 g/mol. The van der Waals surface area contributed by atoms with Crippen LogP contribution in [0.5, 0.6) is 17.2 Å². The van der Waals surface area contributed by atoms with Crippen molar-refractivity contribution in [3.63, 3.8) is 0 Å². The topological polar surface area (TPSA) is 83.9 Å². The molecule has 7 rings (SSSR count). The van der Waals surface area contributed by atoms with Gasteiger partial charge in [0.2, 0.25) is 5.82 Å². The summed E-state index contributed by atoms with van der Waals surface area (Å²) in [5.41, 5.74) is 8.61. The highest BCUT2D eigenvalue weighted by Crippen LogP contribution is 2.60. The molecule has 1 saturated carbocycles. The average Bonchev–Trinajstić information content (AvgIpc) is 3.52. The third-order valence-electron chi connectivity index (χ3n) is 7.18. The quantitative estimate of drug-likeness (QED) is 0.430. The number of nitrogen functional groups attached to an aromatic ring is 1. The van der Waals surface area contributed by atoms with Crippen LogP contribution in [0.15, 0.2) is 54.9 Å². The van der Waals surface area contributed by atoms with Crippen LogP contribution in [0.2, 0.25) is 0 Å². The number of fused-ring (bicyclic) bond motifs is 2. The van der Waals surface area contributed by atoms with Crippen molar-refractivity contribution in [2.45, 2.75) is 37.2 Å². The lowest BCUT2D eigenvalue weighted by atomic mass is 9.61. The number of anilines is 1. The summed E-state index contributed by atoms with van der Waals surface area (Å²) in [5.74, 6) is 1.57. The minimum Gasteiger partial charge on any atom is -0.494 e. The van der Waals surface area contributed by atoms with Crippen LogP contribution in [-0.2, 0) is 10.2 Å². The van der Waals surface area contributed by atoms with Crippen LogP contribution in [0, 0.1) is 5.82 Å². The first-order chi connectivity index (χ1) is 16.5. The Morgan fingerprint density at radius 2 is 1.91 bits per heavy atom. The Kier molecular flexibility index (Phi) is 4.57. The van der Waals surface area contributed by atoms with E-state index in [-0.39, 0.29) is 22.5 Å². The maximum absolute atomic E-state index is 14.5. The minimum absolute atomic E-state index is 0.0149. The smallest absolute Gasteiger partial charge is 0.207 e. The van der Waals surface area contributed by atoms with Gasteiger partial charge in [-0.25, -0.2) is 9.97 Å². The number of nitrogens with two attached hydrogens (primary N) is 1. The van der Waals surface area contributed by atoms with Gasteiger partial charge in [-0.15, -0.1) is 0 Å². The van der Waals surface area contributed by atoms with Crippen molar-refractivity contribution in [1.29, 1.82) is 0 Å². The largest absolute Gasteiger partial charge is 0.494 e. The van der Waals surface area contributed by atoms with E-state index < -0.39 is 5.82 Å². The lowest BCUT2D eigenvalue weighted by Crippen LogP contribution is -2.47. The number of hydrogen-bond acceptors (Lipinski definition) is 6. The number of nitrogens with zero attached hydrogens (tertiary/aromatic N) is 3. The predicted molar refractivity (Wildman–Crippen MR) is 126 cm³/mol. The Balaban J connectivity index is 1.36. The summed E-state index contributed by atoms with van der Waals surface area (Å²) in [6.45, 7) is 2.84. The van der Waals surface area contributed by atoms with Crippen LogP contribution < -0.4 is 15.2 Å². The van der Waals surface area contributed by atoms with Crippen LogP contribution >= 0.6 is 0 Å². The minimum atomic E-state index is -0.542. The van der Waals surface area contributed by atoms with Crippen molar-refractivity contribution in [3.8, 4) is 28.5 Å². The molecule has 0 atom stereocenters. The van der Waals surface area contributed by atoms with Gasteiger partial charge in [-0.2, -0.15) is 4.39 Å². The molecule has 2 aliphatic heterocycles. The van der Waals surface area contributed by atoms with E-state index >= 15 is 0 Å². The molecule has 2 N–H and O–H groups in total. The van der Waals surface area contributed by atoms with Crippen molar-refractivity contribution in [2.24, 2.45) is 0 Å². The Hall–Kier alpha value is -3.65. The summed E-state index contributed by atoms with van der Waals surface area (Å²) in [5, 5.41) is 0.